The van der Waals surface area contributed by atoms with Crippen molar-refractivity contribution in [2.75, 3.05) is 0 Å². The lowest BCUT2D eigenvalue weighted by atomic mass is 10.0. The largest absolute Gasteiger partial charge is 0.416 e. The van der Waals surface area contributed by atoms with Crippen LogP contribution >= 0.6 is 0 Å². The first-order valence-corrected chi connectivity index (χ1v) is 4.89. The number of hydrogen-bond donors (Lipinski definition) is 0. The van der Waals surface area contributed by atoms with E-state index < -0.39 is 11.7 Å². The van der Waals surface area contributed by atoms with Crippen LogP contribution in [-0.4, -0.2) is 5.78 Å². The minimum atomic E-state index is -4.33. The van der Waals surface area contributed by atoms with Crippen molar-refractivity contribution in [2.45, 2.75) is 19.0 Å². The van der Waals surface area contributed by atoms with Crippen molar-refractivity contribution in [3.63, 3.8) is 0 Å². The van der Waals surface area contributed by atoms with E-state index in [1.165, 1.54) is 12.1 Å². The van der Waals surface area contributed by atoms with Gasteiger partial charge in [-0.15, -0.1) is 0 Å². The van der Waals surface area contributed by atoms with Gasteiger partial charge >= 0.3 is 6.18 Å². The Morgan fingerprint density at radius 3 is 2.12 bits per heavy atom. The second-order valence-corrected chi connectivity index (χ2v) is 3.65. The van der Waals surface area contributed by atoms with Crippen molar-refractivity contribution in [2.24, 2.45) is 0 Å². The topological polar surface area (TPSA) is 17.1 Å². The van der Waals surface area contributed by atoms with Gasteiger partial charge in [-0.2, -0.15) is 13.2 Å². The highest BCUT2D eigenvalue weighted by Gasteiger charge is 2.30. The van der Waals surface area contributed by atoms with E-state index in [9.17, 15) is 18.0 Å². The number of benzene rings is 1. The van der Waals surface area contributed by atoms with Crippen LogP contribution in [0, 0.1) is 0 Å². The molecule has 1 aliphatic carbocycles. The molecule has 0 atom stereocenters. The molecule has 1 nitrogen and oxygen atoms in total. The third kappa shape index (κ3) is 2.01. The predicted molar refractivity (Wildman–Crippen MR) is 53.7 cm³/mol. The summed E-state index contributed by atoms with van der Waals surface area (Å²) in [6.07, 6.45) is -1.43. The highest BCUT2D eigenvalue weighted by atomic mass is 19.4. The molecule has 1 aliphatic rings. The normalized spacial score (nSPS) is 16.4. The Morgan fingerprint density at radius 2 is 1.69 bits per heavy atom. The van der Waals surface area contributed by atoms with Crippen LogP contribution in [0.1, 0.15) is 24.0 Å². The maximum Gasteiger partial charge on any atom is 0.416 e. The number of Topliss-reactive ketones (excluding diaryl/α,β-unsaturated/α-hetero) is 1. The van der Waals surface area contributed by atoms with Gasteiger partial charge < -0.3 is 0 Å². The number of ketones is 1. The summed E-state index contributed by atoms with van der Waals surface area (Å²) in [6, 6.07) is 4.69. The van der Waals surface area contributed by atoms with Crippen molar-refractivity contribution >= 4 is 11.4 Å². The second kappa shape index (κ2) is 3.77. The summed E-state index contributed by atoms with van der Waals surface area (Å²) in [6.45, 7) is 0. The molecule has 16 heavy (non-hydrogen) atoms. The number of halogens is 3. The van der Waals surface area contributed by atoms with Crippen molar-refractivity contribution in [1.29, 1.82) is 0 Å². The number of allylic oxidation sites excluding steroid dienone is 2. The first-order chi connectivity index (χ1) is 7.48. The van der Waals surface area contributed by atoms with Gasteiger partial charge in [-0.05, 0) is 24.1 Å². The van der Waals surface area contributed by atoms with Gasteiger partial charge in [0.05, 0.1) is 5.56 Å². The zero-order chi connectivity index (χ0) is 11.8. The lowest BCUT2D eigenvalue weighted by Gasteiger charge is -2.07. The van der Waals surface area contributed by atoms with Crippen LogP contribution < -0.4 is 0 Å². The van der Waals surface area contributed by atoms with E-state index in [-0.39, 0.29) is 5.78 Å². The lowest BCUT2D eigenvalue weighted by molar-refractivity contribution is -0.137. The molecule has 0 heterocycles. The monoisotopic (exact) mass is 226 g/mol. The smallest absolute Gasteiger partial charge is 0.294 e. The zero-order valence-corrected chi connectivity index (χ0v) is 8.34. The Morgan fingerprint density at radius 1 is 1.06 bits per heavy atom. The van der Waals surface area contributed by atoms with E-state index in [4.69, 9.17) is 0 Å². The van der Waals surface area contributed by atoms with Gasteiger partial charge in [-0.1, -0.05) is 18.2 Å². The molecule has 1 aromatic carbocycles. The number of hydrogen-bond acceptors (Lipinski definition) is 1. The molecule has 0 aliphatic heterocycles. The molecule has 0 saturated carbocycles. The average Bonchev–Trinajstić information content (AvgIpc) is 2.63. The molecule has 2 rings (SSSR count). The summed E-state index contributed by atoms with van der Waals surface area (Å²) < 4.78 is 36.9. The van der Waals surface area contributed by atoms with Crippen LogP contribution in [0.25, 0.3) is 5.57 Å². The fourth-order valence-corrected chi connectivity index (χ4v) is 1.71. The fourth-order valence-electron chi connectivity index (χ4n) is 1.71. The summed E-state index contributed by atoms with van der Waals surface area (Å²) in [5.41, 5.74) is 0.409. The molecule has 0 saturated heterocycles. The highest BCUT2D eigenvalue weighted by Crippen LogP contribution is 2.31. The van der Waals surface area contributed by atoms with E-state index in [0.717, 1.165) is 12.1 Å². The molecule has 4 heteroatoms. The summed E-state index contributed by atoms with van der Waals surface area (Å²) in [5.74, 6) is -0.000223. The Bertz CT molecular complexity index is 440. The van der Waals surface area contributed by atoms with E-state index in [0.29, 0.717) is 24.0 Å². The van der Waals surface area contributed by atoms with Gasteiger partial charge in [-0.3, -0.25) is 4.79 Å². The fraction of sp³-hybridized carbons (Fsp3) is 0.250. The average molecular weight is 226 g/mol. The standard InChI is InChI=1S/C12H9F3O/c13-12(14,15)9-6-4-8(5-7-9)10-2-1-3-11(10)16/h2,4-7H,1,3H2. The molecule has 0 aromatic heterocycles. The van der Waals surface area contributed by atoms with Crippen LogP contribution in [0.2, 0.25) is 0 Å². The third-order valence-corrected chi connectivity index (χ3v) is 2.54. The summed E-state index contributed by atoms with van der Waals surface area (Å²) in [4.78, 5) is 11.4. The van der Waals surface area contributed by atoms with Gasteiger partial charge in [0.15, 0.2) is 5.78 Å². The molecule has 0 fully saturated rings. The van der Waals surface area contributed by atoms with Crippen LogP contribution in [-0.2, 0) is 11.0 Å². The van der Waals surface area contributed by atoms with Gasteiger partial charge in [0.2, 0.25) is 0 Å². The van der Waals surface area contributed by atoms with E-state index in [1.54, 1.807) is 6.08 Å². The predicted octanol–water partition coefficient (Wildman–Crippen LogP) is 3.45. The number of carbonyl (C=O) groups excluding carboxylic acids is 1. The van der Waals surface area contributed by atoms with Crippen LogP contribution in [0.3, 0.4) is 0 Å². The molecule has 0 amide bonds. The van der Waals surface area contributed by atoms with Crippen LogP contribution in [0.4, 0.5) is 13.2 Å². The molecule has 0 bridgehead atoms. The molecule has 0 unspecified atom stereocenters. The second-order valence-electron chi connectivity index (χ2n) is 3.65. The van der Waals surface area contributed by atoms with Gasteiger partial charge in [0.1, 0.15) is 0 Å². The Hall–Kier alpha value is -1.58. The molecule has 0 N–H and O–H groups in total. The van der Waals surface area contributed by atoms with Crippen molar-refractivity contribution in [1.82, 2.24) is 0 Å². The quantitative estimate of drug-likeness (QED) is 0.716. The third-order valence-electron chi connectivity index (χ3n) is 2.54. The van der Waals surface area contributed by atoms with Crippen molar-refractivity contribution in [3.05, 3.63) is 41.5 Å². The summed E-state index contributed by atoms with van der Waals surface area (Å²) in [5, 5.41) is 0. The maximum absolute atomic E-state index is 12.3. The minimum Gasteiger partial charge on any atom is -0.294 e. The van der Waals surface area contributed by atoms with E-state index >= 15 is 0 Å². The van der Waals surface area contributed by atoms with Gasteiger partial charge in [0, 0.05) is 12.0 Å². The Labute approximate surface area is 90.6 Å². The van der Waals surface area contributed by atoms with E-state index in [1.807, 2.05) is 0 Å². The Balaban J connectivity index is 2.30. The van der Waals surface area contributed by atoms with Crippen molar-refractivity contribution in [3.8, 4) is 0 Å². The zero-order valence-electron chi connectivity index (χ0n) is 8.34. The lowest BCUT2D eigenvalue weighted by Crippen LogP contribution is -2.04. The van der Waals surface area contributed by atoms with Gasteiger partial charge in [-0.25, -0.2) is 0 Å². The molecular formula is C12H9F3O. The molecule has 0 radical (unpaired) electrons. The Kier molecular flexibility index (Phi) is 2.58. The molecule has 1 aromatic rings. The van der Waals surface area contributed by atoms with Crippen LogP contribution in [0.15, 0.2) is 30.3 Å². The summed E-state index contributed by atoms with van der Waals surface area (Å²) in [7, 11) is 0. The molecule has 84 valence electrons. The number of alkyl halides is 3. The highest BCUT2D eigenvalue weighted by molar-refractivity contribution is 6.22. The number of carbonyl (C=O) groups is 1. The van der Waals surface area contributed by atoms with Gasteiger partial charge in [0.25, 0.3) is 0 Å². The SMILES string of the molecule is O=C1CCC=C1c1ccc(C(F)(F)F)cc1. The first-order valence-electron chi connectivity index (χ1n) is 4.89. The minimum absolute atomic E-state index is 0.000223. The van der Waals surface area contributed by atoms with Crippen molar-refractivity contribution < 1.29 is 18.0 Å². The summed E-state index contributed by atoms with van der Waals surface area (Å²) >= 11 is 0. The molecule has 0 spiro atoms. The first kappa shape index (κ1) is 10.9. The molecular weight excluding hydrogens is 217 g/mol. The maximum atomic E-state index is 12.3. The van der Waals surface area contributed by atoms with Crippen LogP contribution in [0.5, 0.6) is 0 Å². The van der Waals surface area contributed by atoms with E-state index in [2.05, 4.69) is 0 Å². The number of rotatable bonds is 1.